The maximum absolute atomic E-state index is 10.5. The van der Waals surface area contributed by atoms with Crippen LogP contribution in [0.4, 0.5) is 0 Å². The fraction of sp³-hybridized carbons (Fsp3) is 0.867. The van der Waals surface area contributed by atoms with E-state index in [4.69, 9.17) is 4.74 Å². The van der Waals surface area contributed by atoms with E-state index in [0.717, 1.165) is 38.4 Å². The summed E-state index contributed by atoms with van der Waals surface area (Å²) < 4.78 is 7.63. The molecule has 1 saturated heterocycles. The summed E-state index contributed by atoms with van der Waals surface area (Å²) in [6.07, 6.45) is 2.53. The highest BCUT2D eigenvalue weighted by Gasteiger charge is 2.27. The Morgan fingerprint density at radius 3 is 3.00 bits per heavy atom. The van der Waals surface area contributed by atoms with Gasteiger partial charge in [-0.3, -0.25) is 4.90 Å². The highest BCUT2D eigenvalue weighted by atomic mass is 16.5. The Morgan fingerprint density at radius 2 is 2.29 bits per heavy atom. The van der Waals surface area contributed by atoms with Crippen LogP contribution in [0.15, 0.2) is 6.33 Å². The minimum absolute atomic E-state index is 0.130. The molecule has 2 unspecified atom stereocenters. The van der Waals surface area contributed by atoms with E-state index in [1.165, 1.54) is 0 Å². The molecule has 1 aliphatic rings. The predicted molar refractivity (Wildman–Crippen MR) is 81.0 cm³/mol. The Balaban J connectivity index is 1.91. The van der Waals surface area contributed by atoms with E-state index < -0.39 is 6.10 Å². The SMILES string of the molecule is CCCN1CCOC(C(O)Cc2ncnn2CC(C)C)C1. The molecule has 0 amide bonds. The number of aliphatic hydroxyl groups excluding tert-OH is 1. The van der Waals surface area contributed by atoms with Gasteiger partial charge in [0.25, 0.3) is 0 Å². The van der Waals surface area contributed by atoms with Crippen molar-refractivity contribution in [3.8, 4) is 0 Å². The van der Waals surface area contributed by atoms with Gasteiger partial charge in [-0.2, -0.15) is 5.10 Å². The number of rotatable bonds is 7. The summed E-state index contributed by atoms with van der Waals surface area (Å²) in [4.78, 5) is 6.64. The Morgan fingerprint density at radius 1 is 1.48 bits per heavy atom. The summed E-state index contributed by atoms with van der Waals surface area (Å²) >= 11 is 0. The number of ether oxygens (including phenoxy) is 1. The van der Waals surface area contributed by atoms with Crippen molar-refractivity contribution in [2.75, 3.05) is 26.2 Å². The molecule has 2 rings (SSSR count). The first-order chi connectivity index (χ1) is 10.1. The Kier molecular flexibility index (Phi) is 6.14. The van der Waals surface area contributed by atoms with Crippen molar-refractivity contribution in [1.82, 2.24) is 19.7 Å². The van der Waals surface area contributed by atoms with Crippen LogP contribution in [-0.4, -0.2) is 63.2 Å². The third-order valence-electron chi connectivity index (χ3n) is 3.77. The molecule has 0 saturated carbocycles. The van der Waals surface area contributed by atoms with Gasteiger partial charge in [0.2, 0.25) is 0 Å². The Labute approximate surface area is 127 Å². The van der Waals surface area contributed by atoms with Gasteiger partial charge in [-0.1, -0.05) is 20.8 Å². The van der Waals surface area contributed by atoms with E-state index in [1.54, 1.807) is 6.33 Å². The van der Waals surface area contributed by atoms with E-state index in [0.29, 0.717) is 18.9 Å². The first-order valence-electron chi connectivity index (χ1n) is 7.98. The lowest BCUT2D eigenvalue weighted by molar-refractivity contribution is -0.0884. The molecule has 2 heterocycles. The minimum atomic E-state index is -0.528. The third kappa shape index (κ3) is 4.76. The maximum Gasteiger partial charge on any atom is 0.138 e. The van der Waals surface area contributed by atoms with Crippen molar-refractivity contribution in [3.63, 3.8) is 0 Å². The molecule has 1 aromatic rings. The van der Waals surface area contributed by atoms with Gasteiger partial charge in [0.05, 0.1) is 18.8 Å². The fourth-order valence-electron chi connectivity index (χ4n) is 2.75. The molecule has 1 aliphatic heterocycles. The minimum Gasteiger partial charge on any atom is -0.390 e. The molecule has 21 heavy (non-hydrogen) atoms. The fourth-order valence-corrected chi connectivity index (χ4v) is 2.75. The van der Waals surface area contributed by atoms with Crippen molar-refractivity contribution in [1.29, 1.82) is 0 Å². The molecule has 1 N–H and O–H groups in total. The number of hydrogen-bond donors (Lipinski definition) is 1. The monoisotopic (exact) mass is 296 g/mol. The number of aromatic nitrogens is 3. The summed E-state index contributed by atoms with van der Waals surface area (Å²) in [5.74, 6) is 1.35. The van der Waals surface area contributed by atoms with Gasteiger partial charge in [0, 0.05) is 26.1 Å². The highest BCUT2D eigenvalue weighted by molar-refractivity contribution is 4.91. The predicted octanol–water partition coefficient (Wildman–Crippen LogP) is 0.948. The summed E-state index contributed by atoms with van der Waals surface area (Å²) in [5.41, 5.74) is 0. The molecule has 0 radical (unpaired) electrons. The van der Waals surface area contributed by atoms with Crippen molar-refractivity contribution >= 4 is 0 Å². The second kappa shape index (κ2) is 7.87. The molecule has 0 aromatic carbocycles. The lowest BCUT2D eigenvalue weighted by Crippen LogP contribution is -2.48. The molecular weight excluding hydrogens is 268 g/mol. The molecule has 1 aromatic heterocycles. The number of aliphatic hydroxyl groups is 1. The summed E-state index contributed by atoms with van der Waals surface area (Å²) in [7, 11) is 0. The van der Waals surface area contributed by atoms with Crippen LogP contribution in [0.25, 0.3) is 0 Å². The van der Waals surface area contributed by atoms with Crippen molar-refractivity contribution in [3.05, 3.63) is 12.2 Å². The lowest BCUT2D eigenvalue weighted by Gasteiger charge is -2.35. The van der Waals surface area contributed by atoms with Crippen LogP contribution in [0, 0.1) is 5.92 Å². The standard InChI is InChI=1S/C15H28N4O2/c1-4-5-18-6-7-21-14(10-18)13(20)8-15-16-11-17-19(15)9-12(2)3/h11-14,20H,4-10H2,1-3H3. The van der Waals surface area contributed by atoms with E-state index in [1.807, 2.05) is 4.68 Å². The van der Waals surface area contributed by atoms with Crippen molar-refractivity contribution in [2.45, 2.75) is 52.4 Å². The summed E-state index contributed by atoms with van der Waals surface area (Å²) in [6.45, 7) is 10.8. The molecule has 6 nitrogen and oxygen atoms in total. The van der Waals surface area contributed by atoms with Gasteiger partial charge in [0.15, 0.2) is 0 Å². The lowest BCUT2D eigenvalue weighted by atomic mass is 10.1. The van der Waals surface area contributed by atoms with Gasteiger partial charge < -0.3 is 9.84 Å². The first-order valence-corrected chi connectivity index (χ1v) is 7.98. The van der Waals surface area contributed by atoms with E-state index in [2.05, 4.69) is 35.8 Å². The zero-order valence-electron chi connectivity index (χ0n) is 13.4. The van der Waals surface area contributed by atoms with Gasteiger partial charge in [-0.15, -0.1) is 0 Å². The molecule has 0 bridgehead atoms. The van der Waals surface area contributed by atoms with Crippen LogP contribution in [-0.2, 0) is 17.7 Å². The van der Waals surface area contributed by atoms with E-state index in [-0.39, 0.29) is 6.10 Å². The number of hydrogen-bond acceptors (Lipinski definition) is 5. The molecule has 0 aliphatic carbocycles. The second-order valence-electron chi connectivity index (χ2n) is 6.23. The molecule has 6 heteroatoms. The zero-order valence-corrected chi connectivity index (χ0v) is 13.4. The summed E-state index contributed by atoms with van der Waals surface area (Å²) in [6, 6.07) is 0. The van der Waals surface area contributed by atoms with E-state index in [9.17, 15) is 5.11 Å². The van der Waals surface area contributed by atoms with Gasteiger partial charge in [-0.25, -0.2) is 9.67 Å². The first kappa shape index (κ1) is 16.4. The zero-order chi connectivity index (χ0) is 15.2. The molecule has 120 valence electrons. The van der Waals surface area contributed by atoms with Crippen LogP contribution >= 0.6 is 0 Å². The Hall–Kier alpha value is -0.980. The van der Waals surface area contributed by atoms with Crippen molar-refractivity contribution in [2.24, 2.45) is 5.92 Å². The van der Waals surface area contributed by atoms with Crippen LogP contribution in [0.3, 0.4) is 0 Å². The summed E-state index contributed by atoms with van der Waals surface area (Å²) in [5, 5.41) is 14.7. The third-order valence-corrected chi connectivity index (χ3v) is 3.77. The highest BCUT2D eigenvalue weighted by Crippen LogP contribution is 2.13. The van der Waals surface area contributed by atoms with Crippen LogP contribution in [0.2, 0.25) is 0 Å². The van der Waals surface area contributed by atoms with Crippen LogP contribution < -0.4 is 0 Å². The smallest absolute Gasteiger partial charge is 0.138 e. The normalized spacial score (nSPS) is 21.9. The van der Waals surface area contributed by atoms with Crippen LogP contribution in [0.1, 0.15) is 33.0 Å². The quantitative estimate of drug-likeness (QED) is 0.811. The topological polar surface area (TPSA) is 63.4 Å². The molecule has 0 spiro atoms. The molecular formula is C15H28N4O2. The average molecular weight is 296 g/mol. The molecule has 1 fully saturated rings. The van der Waals surface area contributed by atoms with Crippen LogP contribution in [0.5, 0.6) is 0 Å². The largest absolute Gasteiger partial charge is 0.390 e. The Bertz CT molecular complexity index is 420. The second-order valence-corrected chi connectivity index (χ2v) is 6.23. The van der Waals surface area contributed by atoms with Gasteiger partial charge in [-0.05, 0) is 18.9 Å². The van der Waals surface area contributed by atoms with Gasteiger partial charge >= 0.3 is 0 Å². The van der Waals surface area contributed by atoms with Crippen molar-refractivity contribution < 1.29 is 9.84 Å². The average Bonchev–Trinajstić information content (AvgIpc) is 2.86. The number of morpholine rings is 1. The van der Waals surface area contributed by atoms with E-state index >= 15 is 0 Å². The number of nitrogens with zero attached hydrogens (tertiary/aromatic N) is 4. The molecule has 2 atom stereocenters. The van der Waals surface area contributed by atoms with Gasteiger partial charge in [0.1, 0.15) is 12.2 Å². The maximum atomic E-state index is 10.5.